The summed E-state index contributed by atoms with van der Waals surface area (Å²) in [6, 6.07) is 1.38. The zero-order chi connectivity index (χ0) is 17.3. The van der Waals surface area contributed by atoms with Crippen molar-refractivity contribution < 1.29 is 29.8 Å². The van der Waals surface area contributed by atoms with Crippen molar-refractivity contribution >= 4 is 16.7 Å². The quantitative estimate of drug-likeness (QED) is 0.632. The highest BCUT2D eigenvalue weighted by atomic mass is 16.4. The van der Waals surface area contributed by atoms with E-state index in [1.807, 2.05) is 11.5 Å². The molecule has 0 radical (unpaired) electrons. The van der Waals surface area contributed by atoms with Crippen LogP contribution in [0.2, 0.25) is 0 Å². The van der Waals surface area contributed by atoms with Gasteiger partial charge in [-0.1, -0.05) is 13.8 Å². The van der Waals surface area contributed by atoms with Gasteiger partial charge < -0.3 is 20.4 Å². The molecule has 0 saturated heterocycles. The second kappa shape index (κ2) is 6.42. The normalized spacial score (nSPS) is 12.5. The lowest BCUT2D eigenvalue weighted by Gasteiger charge is -2.15. The van der Waals surface area contributed by atoms with Gasteiger partial charge in [0, 0.05) is 16.9 Å². The van der Waals surface area contributed by atoms with Gasteiger partial charge in [0.25, 0.3) is 0 Å². The van der Waals surface area contributed by atoms with Gasteiger partial charge in [0.2, 0.25) is 0 Å². The van der Waals surface area contributed by atoms with Crippen molar-refractivity contribution in [2.24, 2.45) is 0 Å². The Morgan fingerprint density at radius 2 is 1.96 bits per heavy atom. The van der Waals surface area contributed by atoms with Crippen LogP contribution < -0.4 is 4.57 Å². The monoisotopic (exact) mass is 320 g/mol. The zero-order valence-corrected chi connectivity index (χ0v) is 13.5. The molecule has 0 aliphatic heterocycles. The Morgan fingerprint density at radius 1 is 1.30 bits per heavy atom. The van der Waals surface area contributed by atoms with Gasteiger partial charge in [-0.3, -0.25) is 0 Å². The number of pyridine rings is 1. The van der Waals surface area contributed by atoms with Crippen LogP contribution in [-0.2, 0) is 6.54 Å². The number of rotatable bonds is 5. The molecule has 0 saturated carbocycles. The lowest BCUT2D eigenvalue weighted by atomic mass is 9.94. The van der Waals surface area contributed by atoms with Gasteiger partial charge in [-0.15, -0.1) is 0 Å². The third kappa shape index (κ3) is 2.82. The molecule has 6 heteroatoms. The Labute approximate surface area is 134 Å². The number of aliphatic hydroxyl groups excluding tert-OH is 1. The fraction of sp³-hybridized carbons (Fsp3) is 0.412. The van der Waals surface area contributed by atoms with E-state index in [0.29, 0.717) is 17.3 Å². The maximum absolute atomic E-state index is 11.2. The van der Waals surface area contributed by atoms with E-state index >= 15 is 0 Å². The number of carboxylic acids is 1. The zero-order valence-electron chi connectivity index (χ0n) is 13.5. The van der Waals surface area contributed by atoms with Crippen LogP contribution >= 0.6 is 0 Å². The summed E-state index contributed by atoms with van der Waals surface area (Å²) >= 11 is 0. The largest absolute Gasteiger partial charge is 0.507 e. The molecule has 0 bridgehead atoms. The average molecular weight is 320 g/mol. The molecule has 2 aromatic rings. The van der Waals surface area contributed by atoms with E-state index in [1.54, 1.807) is 6.20 Å². The smallest absolute Gasteiger partial charge is 0.343 e. The fourth-order valence-electron chi connectivity index (χ4n) is 3.04. The lowest BCUT2D eigenvalue weighted by Crippen LogP contribution is -2.41. The first-order valence-electron chi connectivity index (χ1n) is 7.59. The SMILES string of the molecule is CC[C@@H](C)c1c(C)c2cc(O)c(C(=O)O)c(O)c2c[n+]1CCO. The van der Waals surface area contributed by atoms with Crippen molar-refractivity contribution in [2.75, 3.05) is 6.61 Å². The molecular formula is C17H22NO5+. The fourth-order valence-corrected chi connectivity index (χ4v) is 3.04. The predicted octanol–water partition coefficient (Wildman–Crippen LogP) is 2.05. The Morgan fingerprint density at radius 3 is 2.48 bits per heavy atom. The maximum atomic E-state index is 11.2. The first-order chi connectivity index (χ1) is 10.8. The maximum Gasteiger partial charge on any atom is 0.343 e. The highest BCUT2D eigenvalue weighted by Crippen LogP contribution is 2.37. The molecule has 1 heterocycles. The Bertz CT molecular complexity index is 770. The number of hydrogen-bond donors (Lipinski definition) is 4. The molecule has 0 aliphatic carbocycles. The molecule has 4 N–H and O–H groups in total. The number of phenols is 2. The molecule has 0 aliphatic rings. The molecule has 23 heavy (non-hydrogen) atoms. The van der Waals surface area contributed by atoms with E-state index in [1.165, 1.54) is 6.07 Å². The summed E-state index contributed by atoms with van der Waals surface area (Å²) in [7, 11) is 0. The number of carbonyl (C=O) groups is 1. The van der Waals surface area contributed by atoms with E-state index in [4.69, 9.17) is 5.11 Å². The number of aromatic nitrogens is 1. The van der Waals surface area contributed by atoms with Gasteiger partial charge in [-0.2, -0.15) is 4.57 Å². The van der Waals surface area contributed by atoms with Crippen molar-refractivity contribution in [2.45, 2.75) is 39.7 Å². The summed E-state index contributed by atoms with van der Waals surface area (Å²) < 4.78 is 1.84. The van der Waals surface area contributed by atoms with Gasteiger partial charge in [-0.25, -0.2) is 4.79 Å². The molecule has 1 atom stereocenters. The van der Waals surface area contributed by atoms with Gasteiger partial charge in [-0.05, 0) is 19.4 Å². The van der Waals surface area contributed by atoms with E-state index in [9.17, 15) is 20.1 Å². The molecule has 2 rings (SSSR count). The third-order valence-corrected chi connectivity index (χ3v) is 4.34. The van der Waals surface area contributed by atoms with Crippen LogP contribution in [0.5, 0.6) is 11.5 Å². The van der Waals surface area contributed by atoms with Gasteiger partial charge >= 0.3 is 5.97 Å². The Kier molecular flexibility index (Phi) is 4.75. The molecule has 1 aromatic heterocycles. The second-order valence-electron chi connectivity index (χ2n) is 5.75. The summed E-state index contributed by atoms with van der Waals surface area (Å²) in [4.78, 5) is 11.2. The van der Waals surface area contributed by atoms with Crippen LogP contribution in [0.15, 0.2) is 12.3 Å². The minimum absolute atomic E-state index is 0.0658. The summed E-state index contributed by atoms with van der Waals surface area (Å²) in [6.07, 6.45) is 2.53. The summed E-state index contributed by atoms with van der Waals surface area (Å²) in [6.45, 7) is 6.27. The van der Waals surface area contributed by atoms with Crippen LogP contribution in [0.1, 0.15) is 47.8 Å². The topological polar surface area (TPSA) is 102 Å². The molecule has 0 amide bonds. The minimum Gasteiger partial charge on any atom is -0.507 e. The van der Waals surface area contributed by atoms with Crippen LogP contribution in [-0.4, -0.2) is 33.0 Å². The number of aliphatic hydroxyl groups is 1. The molecule has 6 nitrogen and oxygen atoms in total. The van der Waals surface area contributed by atoms with E-state index in [2.05, 4.69) is 13.8 Å². The summed E-state index contributed by atoms with van der Waals surface area (Å²) in [5.74, 6) is -2.09. The first kappa shape index (κ1) is 17.0. The molecular weight excluding hydrogens is 298 g/mol. The number of benzene rings is 1. The highest BCUT2D eigenvalue weighted by Gasteiger charge is 2.27. The van der Waals surface area contributed by atoms with Crippen molar-refractivity contribution in [1.29, 1.82) is 0 Å². The van der Waals surface area contributed by atoms with Crippen molar-refractivity contribution in [3.05, 3.63) is 29.1 Å². The number of aryl methyl sites for hydroxylation is 1. The number of nitrogens with zero attached hydrogens (tertiary/aromatic N) is 1. The number of carboxylic acid groups (broad SMARTS) is 1. The van der Waals surface area contributed by atoms with Crippen LogP contribution in [0.3, 0.4) is 0 Å². The number of fused-ring (bicyclic) bond motifs is 1. The average Bonchev–Trinajstić information content (AvgIpc) is 2.48. The van der Waals surface area contributed by atoms with Gasteiger partial charge in [0.15, 0.2) is 18.4 Å². The van der Waals surface area contributed by atoms with E-state index in [-0.39, 0.29) is 12.5 Å². The third-order valence-electron chi connectivity index (χ3n) is 4.34. The number of aromatic hydroxyl groups is 2. The molecule has 0 unspecified atom stereocenters. The van der Waals surface area contributed by atoms with E-state index < -0.39 is 23.0 Å². The molecule has 0 spiro atoms. The van der Waals surface area contributed by atoms with Crippen molar-refractivity contribution in [3.63, 3.8) is 0 Å². The predicted molar refractivity (Wildman–Crippen MR) is 85.0 cm³/mol. The van der Waals surface area contributed by atoms with Crippen molar-refractivity contribution in [1.82, 2.24) is 0 Å². The van der Waals surface area contributed by atoms with Gasteiger partial charge in [0.05, 0.1) is 5.39 Å². The molecule has 124 valence electrons. The first-order valence-corrected chi connectivity index (χ1v) is 7.59. The highest BCUT2D eigenvalue weighted by molar-refractivity contribution is 6.03. The van der Waals surface area contributed by atoms with Crippen LogP contribution in [0.25, 0.3) is 10.8 Å². The Hall–Kier alpha value is -2.34. The summed E-state index contributed by atoms with van der Waals surface area (Å²) in [5.41, 5.74) is 1.34. The molecule has 1 aromatic carbocycles. The number of aromatic carboxylic acids is 1. The molecule has 0 fully saturated rings. The standard InChI is InChI=1S/C17H21NO5/c1-4-9(2)15-10(3)11-7-13(20)14(17(22)23)16(21)12(11)8-18(15)5-6-19/h7-9,19H,4-6H2,1-3H3,(H2,20,21,22,23)/p+1/t9-/m1/s1. The van der Waals surface area contributed by atoms with Crippen LogP contribution in [0, 0.1) is 6.92 Å². The lowest BCUT2D eigenvalue weighted by molar-refractivity contribution is -0.705. The Balaban J connectivity index is 2.91. The van der Waals surface area contributed by atoms with Gasteiger partial charge in [0.1, 0.15) is 23.7 Å². The minimum atomic E-state index is -1.39. The van der Waals surface area contributed by atoms with Crippen molar-refractivity contribution in [3.8, 4) is 11.5 Å². The van der Waals surface area contributed by atoms with E-state index in [0.717, 1.165) is 17.7 Å². The summed E-state index contributed by atoms with van der Waals surface area (Å²) in [5, 5.41) is 39.7. The van der Waals surface area contributed by atoms with Crippen LogP contribution in [0.4, 0.5) is 0 Å². The second-order valence-corrected chi connectivity index (χ2v) is 5.75. The number of hydrogen-bond acceptors (Lipinski definition) is 4.